The average molecular weight is 366 g/mol. The van der Waals surface area contributed by atoms with Gasteiger partial charge < -0.3 is 5.32 Å². The van der Waals surface area contributed by atoms with E-state index in [0.29, 0.717) is 24.5 Å². The second-order valence-corrected chi connectivity index (χ2v) is 7.36. The minimum absolute atomic E-state index is 0.211. The number of hydrogen-bond donors (Lipinski definition) is 1. The topological polar surface area (TPSA) is 49.4 Å². The Morgan fingerprint density at radius 1 is 1.35 bits per heavy atom. The van der Waals surface area contributed by atoms with Gasteiger partial charge in [0.05, 0.1) is 4.90 Å². The van der Waals surface area contributed by atoms with E-state index in [2.05, 4.69) is 27.9 Å². The normalized spacial score (nSPS) is 22.6. The number of benzene rings is 1. The highest BCUT2D eigenvalue weighted by Crippen LogP contribution is 2.18. The van der Waals surface area contributed by atoms with E-state index in [-0.39, 0.29) is 6.04 Å². The predicted octanol–water partition coefficient (Wildman–Crippen LogP) is 1.27. The van der Waals surface area contributed by atoms with Gasteiger partial charge >= 0.3 is 0 Å². The first kappa shape index (κ1) is 13.3. The van der Waals surface area contributed by atoms with Crippen LogP contribution < -0.4 is 5.32 Å². The number of sulfonamides is 1. The molecule has 0 aromatic heterocycles. The molecule has 0 radical (unpaired) electrons. The van der Waals surface area contributed by atoms with Gasteiger partial charge in [-0.2, -0.15) is 4.31 Å². The van der Waals surface area contributed by atoms with E-state index in [0.717, 1.165) is 3.57 Å². The Balaban J connectivity index is 2.26. The van der Waals surface area contributed by atoms with E-state index >= 15 is 0 Å². The van der Waals surface area contributed by atoms with Gasteiger partial charge in [0.1, 0.15) is 0 Å². The summed E-state index contributed by atoms with van der Waals surface area (Å²) in [4.78, 5) is 0.381. The molecule has 1 aromatic rings. The summed E-state index contributed by atoms with van der Waals surface area (Å²) in [6.45, 7) is 3.79. The van der Waals surface area contributed by atoms with Crippen LogP contribution in [0.15, 0.2) is 29.2 Å². The zero-order chi connectivity index (χ0) is 12.5. The molecule has 4 nitrogen and oxygen atoms in total. The quantitative estimate of drug-likeness (QED) is 0.803. The average Bonchev–Trinajstić information content (AvgIpc) is 2.29. The minimum atomic E-state index is -3.32. The molecule has 1 N–H and O–H groups in total. The zero-order valence-electron chi connectivity index (χ0n) is 9.56. The largest absolute Gasteiger partial charge is 0.312 e. The molecule has 1 saturated heterocycles. The highest BCUT2D eigenvalue weighted by Gasteiger charge is 2.28. The van der Waals surface area contributed by atoms with Gasteiger partial charge in [0.25, 0.3) is 0 Å². The molecule has 1 fully saturated rings. The van der Waals surface area contributed by atoms with Crippen molar-refractivity contribution < 1.29 is 8.42 Å². The molecule has 0 bridgehead atoms. The molecule has 0 saturated carbocycles. The molecule has 0 amide bonds. The molecule has 17 heavy (non-hydrogen) atoms. The second kappa shape index (κ2) is 5.21. The first-order chi connectivity index (χ1) is 8.00. The molecule has 1 aliphatic rings. The summed E-state index contributed by atoms with van der Waals surface area (Å²) in [5.41, 5.74) is 0. The Labute approximate surface area is 116 Å². The van der Waals surface area contributed by atoms with Gasteiger partial charge in [-0.15, -0.1) is 0 Å². The molecule has 6 heteroatoms. The fourth-order valence-corrected chi connectivity index (χ4v) is 3.76. The third kappa shape index (κ3) is 2.98. The molecule has 0 unspecified atom stereocenters. The predicted molar refractivity (Wildman–Crippen MR) is 75.4 cm³/mol. The molecular formula is C11H15IN2O2S. The van der Waals surface area contributed by atoms with Gasteiger partial charge in [0, 0.05) is 29.2 Å². The van der Waals surface area contributed by atoms with Crippen LogP contribution >= 0.6 is 22.6 Å². The van der Waals surface area contributed by atoms with Crippen LogP contribution in [-0.4, -0.2) is 38.4 Å². The fraction of sp³-hybridized carbons (Fsp3) is 0.455. The molecule has 2 rings (SSSR count). The smallest absolute Gasteiger partial charge is 0.243 e. The Bertz CT molecular complexity index is 487. The van der Waals surface area contributed by atoms with Crippen molar-refractivity contribution in [3.8, 4) is 0 Å². The van der Waals surface area contributed by atoms with E-state index in [4.69, 9.17) is 0 Å². The summed E-state index contributed by atoms with van der Waals surface area (Å²) < 4.78 is 27.3. The Morgan fingerprint density at radius 3 is 2.59 bits per heavy atom. The molecular weight excluding hydrogens is 351 g/mol. The third-order valence-electron chi connectivity index (χ3n) is 2.78. The maximum atomic E-state index is 12.3. The summed E-state index contributed by atoms with van der Waals surface area (Å²) in [6.07, 6.45) is 0. The van der Waals surface area contributed by atoms with E-state index in [9.17, 15) is 8.42 Å². The van der Waals surface area contributed by atoms with Crippen LogP contribution in [0.2, 0.25) is 0 Å². The van der Waals surface area contributed by atoms with E-state index in [1.54, 1.807) is 16.4 Å². The van der Waals surface area contributed by atoms with Gasteiger partial charge in [0.15, 0.2) is 0 Å². The Morgan fingerprint density at radius 2 is 2.00 bits per heavy atom. The van der Waals surface area contributed by atoms with Crippen molar-refractivity contribution in [3.05, 3.63) is 27.8 Å². The SMILES string of the molecule is C[C@H]1CN(S(=O)(=O)c2ccc(I)cc2)CCN1. The first-order valence-electron chi connectivity index (χ1n) is 5.49. The highest BCUT2D eigenvalue weighted by molar-refractivity contribution is 14.1. The molecule has 0 spiro atoms. The van der Waals surface area contributed by atoms with Gasteiger partial charge in [-0.25, -0.2) is 8.42 Å². The van der Waals surface area contributed by atoms with E-state index in [1.807, 2.05) is 19.1 Å². The Kier molecular flexibility index (Phi) is 4.06. The molecule has 1 heterocycles. The summed E-state index contributed by atoms with van der Waals surface area (Å²) in [6, 6.07) is 7.19. The van der Waals surface area contributed by atoms with Crippen LogP contribution in [0.4, 0.5) is 0 Å². The van der Waals surface area contributed by atoms with Gasteiger partial charge in [-0.05, 0) is 53.8 Å². The summed E-state index contributed by atoms with van der Waals surface area (Å²) >= 11 is 2.16. The van der Waals surface area contributed by atoms with Crippen molar-refractivity contribution in [2.45, 2.75) is 17.9 Å². The zero-order valence-corrected chi connectivity index (χ0v) is 12.5. The van der Waals surface area contributed by atoms with Crippen molar-refractivity contribution in [1.82, 2.24) is 9.62 Å². The number of halogens is 1. The van der Waals surface area contributed by atoms with E-state index < -0.39 is 10.0 Å². The maximum absolute atomic E-state index is 12.3. The summed E-state index contributed by atoms with van der Waals surface area (Å²) in [7, 11) is -3.32. The molecule has 1 aliphatic heterocycles. The van der Waals surface area contributed by atoms with Crippen LogP contribution in [0.5, 0.6) is 0 Å². The molecule has 94 valence electrons. The number of nitrogens with one attached hydrogen (secondary N) is 1. The van der Waals surface area contributed by atoms with Crippen LogP contribution in [0.1, 0.15) is 6.92 Å². The number of nitrogens with zero attached hydrogens (tertiary/aromatic N) is 1. The standard InChI is InChI=1S/C11H15IN2O2S/c1-9-8-14(7-6-13-9)17(15,16)11-4-2-10(12)3-5-11/h2-5,9,13H,6-8H2,1H3/t9-/m0/s1. The lowest BCUT2D eigenvalue weighted by Gasteiger charge is -2.30. The van der Waals surface area contributed by atoms with Crippen molar-refractivity contribution in [1.29, 1.82) is 0 Å². The third-order valence-corrected chi connectivity index (χ3v) is 5.38. The highest BCUT2D eigenvalue weighted by atomic mass is 127. The lowest BCUT2D eigenvalue weighted by atomic mass is 10.3. The molecule has 1 atom stereocenters. The van der Waals surface area contributed by atoms with Crippen molar-refractivity contribution >= 4 is 32.6 Å². The van der Waals surface area contributed by atoms with Crippen molar-refractivity contribution in [3.63, 3.8) is 0 Å². The fourth-order valence-electron chi connectivity index (χ4n) is 1.87. The van der Waals surface area contributed by atoms with Crippen LogP contribution in [0.3, 0.4) is 0 Å². The monoisotopic (exact) mass is 366 g/mol. The first-order valence-corrected chi connectivity index (χ1v) is 8.01. The van der Waals surface area contributed by atoms with E-state index in [1.165, 1.54) is 0 Å². The molecule has 1 aromatic carbocycles. The van der Waals surface area contributed by atoms with Crippen LogP contribution in [0, 0.1) is 3.57 Å². The summed E-state index contributed by atoms with van der Waals surface area (Å²) in [5.74, 6) is 0. The van der Waals surface area contributed by atoms with Gasteiger partial charge in [-0.3, -0.25) is 0 Å². The lowest BCUT2D eigenvalue weighted by Crippen LogP contribution is -2.51. The second-order valence-electron chi connectivity index (χ2n) is 4.17. The summed E-state index contributed by atoms with van der Waals surface area (Å²) in [5, 5.41) is 3.24. The van der Waals surface area contributed by atoms with Gasteiger partial charge in [0.2, 0.25) is 10.0 Å². The number of hydrogen-bond acceptors (Lipinski definition) is 3. The minimum Gasteiger partial charge on any atom is -0.312 e. The van der Waals surface area contributed by atoms with Gasteiger partial charge in [-0.1, -0.05) is 0 Å². The van der Waals surface area contributed by atoms with Crippen molar-refractivity contribution in [2.75, 3.05) is 19.6 Å². The maximum Gasteiger partial charge on any atom is 0.243 e. The Hall–Kier alpha value is -0.180. The number of piperazine rings is 1. The van der Waals surface area contributed by atoms with Crippen molar-refractivity contribution in [2.24, 2.45) is 0 Å². The molecule has 0 aliphatic carbocycles. The number of rotatable bonds is 2. The lowest BCUT2D eigenvalue weighted by molar-refractivity contribution is 0.310. The van der Waals surface area contributed by atoms with Crippen LogP contribution in [0.25, 0.3) is 0 Å². The van der Waals surface area contributed by atoms with Crippen LogP contribution in [-0.2, 0) is 10.0 Å².